The van der Waals surface area contributed by atoms with Crippen molar-refractivity contribution in [3.8, 4) is 0 Å². The van der Waals surface area contributed by atoms with Crippen molar-refractivity contribution in [2.45, 2.75) is 68.3 Å². The van der Waals surface area contributed by atoms with Crippen molar-refractivity contribution >= 4 is 5.91 Å². The van der Waals surface area contributed by atoms with Crippen LogP contribution in [0.1, 0.15) is 6.92 Å². The van der Waals surface area contributed by atoms with Gasteiger partial charge in [-0.3, -0.25) is 4.79 Å². The number of amides is 1. The summed E-state index contributed by atoms with van der Waals surface area (Å²) in [5.74, 6) is -0.574. The third-order valence-corrected chi connectivity index (χ3v) is 4.38. The molecular formula is C14H25NO11. The number of rotatable bonds is 5. The zero-order valence-corrected chi connectivity index (χ0v) is 14.0. The molecule has 0 aromatic heterocycles. The predicted molar refractivity (Wildman–Crippen MR) is 80.2 cm³/mol. The largest absolute Gasteiger partial charge is 0.394 e. The van der Waals surface area contributed by atoms with Gasteiger partial charge in [-0.1, -0.05) is 0 Å². The lowest BCUT2D eigenvalue weighted by Crippen LogP contribution is -2.67. The standard InChI is InChI=1S/C14H25NO11/c1-4(18)15-7-12(9(20)6(3-17)24-13(7)23)26-14-11(22)10(21)8(19)5(2-16)25-14/h5-14,16-17,19-23H,2-3H2,1H3,(H,15,18)/t5?,6?,7?,8-,9+,10-,11?,12?,13+,14-/m0/s1. The van der Waals surface area contributed by atoms with Crippen LogP contribution in [0.4, 0.5) is 0 Å². The normalized spacial score (nSPS) is 46.8. The summed E-state index contributed by atoms with van der Waals surface area (Å²) < 4.78 is 15.7. The molecular weight excluding hydrogens is 358 g/mol. The van der Waals surface area contributed by atoms with Crippen molar-refractivity contribution in [2.24, 2.45) is 0 Å². The van der Waals surface area contributed by atoms with E-state index in [2.05, 4.69) is 5.32 Å². The fraction of sp³-hybridized carbons (Fsp3) is 0.929. The molecule has 0 aromatic carbocycles. The molecule has 0 radical (unpaired) electrons. The number of hydrogen-bond donors (Lipinski definition) is 8. The van der Waals surface area contributed by atoms with E-state index in [0.29, 0.717) is 0 Å². The number of aliphatic hydroxyl groups excluding tert-OH is 7. The van der Waals surface area contributed by atoms with E-state index in [1.165, 1.54) is 0 Å². The van der Waals surface area contributed by atoms with Crippen molar-refractivity contribution < 1.29 is 54.8 Å². The molecule has 152 valence electrons. The third kappa shape index (κ3) is 4.31. The molecule has 10 atom stereocenters. The van der Waals surface area contributed by atoms with Crippen LogP contribution < -0.4 is 5.32 Å². The smallest absolute Gasteiger partial charge is 0.217 e. The van der Waals surface area contributed by atoms with E-state index in [1.54, 1.807) is 0 Å². The third-order valence-electron chi connectivity index (χ3n) is 4.38. The lowest BCUT2D eigenvalue weighted by molar-refractivity contribution is -0.341. The number of carbonyl (C=O) groups is 1. The van der Waals surface area contributed by atoms with Gasteiger partial charge in [0.15, 0.2) is 12.6 Å². The molecule has 5 unspecified atom stereocenters. The second-order valence-corrected chi connectivity index (χ2v) is 6.26. The van der Waals surface area contributed by atoms with Gasteiger partial charge in [-0.15, -0.1) is 0 Å². The average molecular weight is 383 g/mol. The van der Waals surface area contributed by atoms with Gasteiger partial charge in [0.2, 0.25) is 5.91 Å². The zero-order valence-electron chi connectivity index (χ0n) is 14.0. The van der Waals surface area contributed by atoms with Crippen LogP contribution in [-0.4, -0.2) is 116 Å². The average Bonchev–Trinajstić information content (AvgIpc) is 2.60. The quantitative estimate of drug-likeness (QED) is 0.226. The molecule has 2 aliphatic heterocycles. The Bertz CT molecular complexity index is 478. The Balaban J connectivity index is 2.21. The van der Waals surface area contributed by atoms with Gasteiger partial charge in [-0.2, -0.15) is 0 Å². The second-order valence-electron chi connectivity index (χ2n) is 6.26. The number of ether oxygens (including phenoxy) is 3. The first kappa shape index (κ1) is 21.4. The molecule has 1 amide bonds. The van der Waals surface area contributed by atoms with E-state index in [-0.39, 0.29) is 0 Å². The monoisotopic (exact) mass is 383 g/mol. The Morgan fingerprint density at radius 1 is 0.923 bits per heavy atom. The van der Waals surface area contributed by atoms with E-state index in [9.17, 15) is 40.5 Å². The molecule has 0 bridgehead atoms. The van der Waals surface area contributed by atoms with Gasteiger partial charge in [0, 0.05) is 6.92 Å². The van der Waals surface area contributed by atoms with E-state index < -0.39 is 80.5 Å². The molecule has 26 heavy (non-hydrogen) atoms. The maximum absolute atomic E-state index is 11.4. The molecule has 0 aromatic rings. The van der Waals surface area contributed by atoms with Crippen LogP contribution in [0, 0.1) is 0 Å². The summed E-state index contributed by atoms with van der Waals surface area (Å²) in [5.41, 5.74) is 0. The van der Waals surface area contributed by atoms with Crippen LogP contribution in [0.25, 0.3) is 0 Å². The second kappa shape index (κ2) is 8.84. The molecule has 2 rings (SSSR count). The van der Waals surface area contributed by atoms with Crippen LogP contribution in [0.15, 0.2) is 0 Å². The van der Waals surface area contributed by atoms with Gasteiger partial charge in [0.25, 0.3) is 0 Å². The molecule has 0 aliphatic carbocycles. The van der Waals surface area contributed by atoms with Crippen LogP contribution in [0.5, 0.6) is 0 Å². The van der Waals surface area contributed by atoms with Gasteiger partial charge in [0.05, 0.1) is 13.2 Å². The minimum Gasteiger partial charge on any atom is -0.394 e. The Morgan fingerprint density at radius 2 is 1.50 bits per heavy atom. The molecule has 12 heteroatoms. The van der Waals surface area contributed by atoms with Gasteiger partial charge in [-0.25, -0.2) is 0 Å². The topological polar surface area (TPSA) is 198 Å². The number of nitrogens with one attached hydrogen (secondary N) is 1. The number of carbonyl (C=O) groups excluding carboxylic acids is 1. The molecule has 2 fully saturated rings. The first-order valence-corrected chi connectivity index (χ1v) is 8.06. The lowest BCUT2D eigenvalue weighted by Gasteiger charge is -2.46. The SMILES string of the molecule is CC(=O)NC1C(O[C@@H]2OC(CO)[C@H](O)[C@H](O)C2O)[C@H](O)C(CO)O[C@H]1O. The molecule has 2 saturated heterocycles. The Hall–Kier alpha value is -0.930. The minimum atomic E-state index is -1.74. The van der Waals surface area contributed by atoms with Crippen LogP contribution in [0.2, 0.25) is 0 Å². The highest BCUT2D eigenvalue weighted by Crippen LogP contribution is 2.28. The Kier molecular flexibility index (Phi) is 7.27. The highest BCUT2D eigenvalue weighted by molar-refractivity contribution is 5.73. The van der Waals surface area contributed by atoms with Crippen molar-refractivity contribution in [3.05, 3.63) is 0 Å². The van der Waals surface area contributed by atoms with Crippen molar-refractivity contribution in [1.29, 1.82) is 0 Å². The van der Waals surface area contributed by atoms with Crippen LogP contribution >= 0.6 is 0 Å². The minimum absolute atomic E-state index is 0.574. The molecule has 0 spiro atoms. The molecule has 2 aliphatic rings. The first-order valence-electron chi connectivity index (χ1n) is 8.06. The van der Waals surface area contributed by atoms with E-state index in [1.807, 2.05) is 0 Å². The molecule has 2 heterocycles. The summed E-state index contributed by atoms with van der Waals surface area (Å²) in [5, 5.41) is 70.7. The maximum Gasteiger partial charge on any atom is 0.217 e. The summed E-state index contributed by atoms with van der Waals surface area (Å²) >= 11 is 0. The van der Waals surface area contributed by atoms with Crippen LogP contribution in [-0.2, 0) is 19.0 Å². The van der Waals surface area contributed by atoms with Gasteiger partial charge in [-0.05, 0) is 0 Å². The summed E-state index contributed by atoms with van der Waals surface area (Å²) in [7, 11) is 0. The summed E-state index contributed by atoms with van der Waals surface area (Å²) in [6.07, 6.45) is -13.7. The number of hydrogen-bond acceptors (Lipinski definition) is 11. The summed E-state index contributed by atoms with van der Waals surface area (Å²) in [4.78, 5) is 11.4. The van der Waals surface area contributed by atoms with Crippen molar-refractivity contribution in [2.75, 3.05) is 13.2 Å². The molecule has 0 saturated carbocycles. The molecule has 12 nitrogen and oxygen atoms in total. The first-order chi connectivity index (χ1) is 12.2. The molecule has 8 N–H and O–H groups in total. The van der Waals surface area contributed by atoms with Crippen molar-refractivity contribution in [1.82, 2.24) is 5.32 Å². The van der Waals surface area contributed by atoms with Gasteiger partial charge < -0.3 is 55.3 Å². The van der Waals surface area contributed by atoms with E-state index in [0.717, 1.165) is 6.92 Å². The fourth-order valence-corrected chi connectivity index (χ4v) is 2.97. The van der Waals surface area contributed by atoms with Gasteiger partial charge in [0.1, 0.15) is 48.8 Å². The lowest BCUT2D eigenvalue weighted by atomic mass is 9.95. The van der Waals surface area contributed by atoms with E-state index >= 15 is 0 Å². The summed E-state index contributed by atoms with van der Waals surface area (Å²) in [6, 6.07) is -1.28. The Morgan fingerprint density at radius 3 is 2.04 bits per heavy atom. The zero-order chi connectivity index (χ0) is 19.6. The van der Waals surface area contributed by atoms with Gasteiger partial charge >= 0.3 is 0 Å². The van der Waals surface area contributed by atoms with E-state index in [4.69, 9.17) is 14.2 Å². The Labute approximate surface area is 148 Å². The van der Waals surface area contributed by atoms with Crippen molar-refractivity contribution in [3.63, 3.8) is 0 Å². The predicted octanol–water partition coefficient (Wildman–Crippen LogP) is -5.25. The highest BCUT2D eigenvalue weighted by atomic mass is 16.7. The fourth-order valence-electron chi connectivity index (χ4n) is 2.97. The maximum atomic E-state index is 11.4. The van der Waals surface area contributed by atoms with Crippen LogP contribution in [0.3, 0.4) is 0 Å². The highest BCUT2D eigenvalue weighted by Gasteiger charge is 2.50. The summed E-state index contributed by atoms with van der Waals surface area (Å²) in [6.45, 7) is -0.195. The number of aliphatic hydroxyl groups is 7.